The Bertz CT molecular complexity index is 744. The number of aromatic nitrogens is 2. The van der Waals surface area contributed by atoms with Gasteiger partial charge in [0, 0.05) is 61.6 Å². The SMILES string of the molecule is O=C(CCC(=O)N1CCC(Oc2ccncn2)CC1)c1ccc(Cl)cc1. The van der Waals surface area contributed by atoms with Crippen LogP contribution in [0.3, 0.4) is 0 Å². The Balaban J connectivity index is 1.42. The predicted molar refractivity (Wildman–Crippen MR) is 97.3 cm³/mol. The zero-order valence-electron chi connectivity index (χ0n) is 14.3. The summed E-state index contributed by atoms with van der Waals surface area (Å²) in [6.07, 6.45) is 5.06. The fourth-order valence-corrected chi connectivity index (χ4v) is 3.03. The molecule has 0 spiro atoms. The van der Waals surface area contributed by atoms with Crippen LogP contribution in [0.5, 0.6) is 5.88 Å². The first-order valence-corrected chi connectivity index (χ1v) is 8.99. The molecule has 0 bridgehead atoms. The van der Waals surface area contributed by atoms with Gasteiger partial charge in [-0.1, -0.05) is 11.6 Å². The van der Waals surface area contributed by atoms with E-state index < -0.39 is 0 Å². The number of halogens is 1. The lowest BCUT2D eigenvalue weighted by molar-refractivity contribution is -0.132. The molecule has 0 saturated carbocycles. The van der Waals surface area contributed by atoms with Crippen LogP contribution in [0.25, 0.3) is 0 Å². The Labute approximate surface area is 157 Å². The molecule has 136 valence electrons. The fourth-order valence-electron chi connectivity index (χ4n) is 2.90. The minimum absolute atomic E-state index is 0.00722. The van der Waals surface area contributed by atoms with E-state index in [1.807, 2.05) is 0 Å². The van der Waals surface area contributed by atoms with Gasteiger partial charge in [0.05, 0.1) is 0 Å². The zero-order valence-corrected chi connectivity index (χ0v) is 15.1. The number of ether oxygens (including phenoxy) is 1. The van der Waals surface area contributed by atoms with Gasteiger partial charge >= 0.3 is 0 Å². The number of piperidine rings is 1. The molecule has 1 aromatic carbocycles. The number of benzene rings is 1. The molecule has 6 nitrogen and oxygen atoms in total. The second kappa shape index (κ2) is 8.76. The number of nitrogens with zero attached hydrogens (tertiary/aromatic N) is 3. The number of carbonyl (C=O) groups is 2. The number of carbonyl (C=O) groups excluding carboxylic acids is 2. The van der Waals surface area contributed by atoms with Gasteiger partial charge in [0.25, 0.3) is 0 Å². The lowest BCUT2D eigenvalue weighted by atomic mass is 10.0. The number of likely N-dealkylation sites (tertiary alicyclic amines) is 1. The normalized spacial score (nSPS) is 14.9. The topological polar surface area (TPSA) is 72.4 Å². The van der Waals surface area contributed by atoms with Crippen LogP contribution >= 0.6 is 11.6 Å². The average molecular weight is 374 g/mol. The fraction of sp³-hybridized carbons (Fsp3) is 0.368. The summed E-state index contributed by atoms with van der Waals surface area (Å²) in [5.74, 6) is 0.517. The Hall–Kier alpha value is -2.47. The third-order valence-corrected chi connectivity index (χ3v) is 4.62. The van der Waals surface area contributed by atoms with Gasteiger partial charge in [0.1, 0.15) is 12.4 Å². The van der Waals surface area contributed by atoms with Crippen LogP contribution in [0, 0.1) is 0 Å². The van der Waals surface area contributed by atoms with Crippen LogP contribution in [0.4, 0.5) is 0 Å². The predicted octanol–water partition coefficient (Wildman–Crippen LogP) is 3.16. The van der Waals surface area contributed by atoms with Crippen molar-refractivity contribution in [3.8, 4) is 5.88 Å². The second-order valence-electron chi connectivity index (χ2n) is 6.18. The molecule has 0 radical (unpaired) electrons. The van der Waals surface area contributed by atoms with E-state index in [1.165, 1.54) is 6.33 Å². The van der Waals surface area contributed by atoms with Gasteiger partial charge in [0.2, 0.25) is 11.8 Å². The smallest absolute Gasteiger partial charge is 0.223 e. The first-order valence-electron chi connectivity index (χ1n) is 8.61. The van der Waals surface area contributed by atoms with Crippen molar-refractivity contribution in [3.63, 3.8) is 0 Å². The van der Waals surface area contributed by atoms with Crippen molar-refractivity contribution in [2.45, 2.75) is 31.8 Å². The minimum Gasteiger partial charge on any atom is -0.474 e. The summed E-state index contributed by atoms with van der Waals surface area (Å²) in [6.45, 7) is 1.26. The molecule has 0 N–H and O–H groups in total. The highest BCUT2D eigenvalue weighted by atomic mass is 35.5. The molecule has 1 aliphatic rings. The van der Waals surface area contributed by atoms with Crippen molar-refractivity contribution in [1.82, 2.24) is 14.9 Å². The molecule has 1 amide bonds. The minimum atomic E-state index is -0.0444. The van der Waals surface area contributed by atoms with Crippen molar-refractivity contribution in [1.29, 1.82) is 0 Å². The molecule has 26 heavy (non-hydrogen) atoms. The van der Waals surface area contributed by atoms with Gasteiger partial charge in [-0.15, -0.1) is 0 Å². The van der Waals surface area contributed by atoms with Gasteiger partial charge in [-0.05, 0) is 24.3 Å². The molecule has 3 rings (SSSR count). The van der Waals surface area contributed by atoms with Gasteiger partial charge < -0.3 is 9.64 Å². The molecule has 2 aromatic rings. The number of hydrogen-bond donors (Lipinski definition) is 0. The highest BCUT2D eigenvalue weighted by molar-refractivity contribution is 6.30. The molecular weight excluding hydrogens is 354 g/mol. The molecule has 1 aromatic heterocycles. The van der Waals surface area contributed by atoms with Crippen molar-refractivity contribution in [2.24, 2.45) is 0 Å². The summed E-state index contributed by atoms with van der Waals surface area (Å²) < 4.78 is 5.80. The summed E-state index contributed by atoms with van der Waals surface area (Å²) in [5, 5.41) is 0.588. The van der Waals surface area contributed by atoms with Crippen molar-refractivity contribution in [3.05, 3.63) is 53.4 Å². The van der Waals surface area contributed by atoms with E-state index in [2.05, 4.69) is 9.97 Å². The first kappa shape index (κ1) is 18.3. The number of ketones is 1. The van der Waals surface area contributed by atoms with Crippen molar-refractivity contribution in [2.75, 3.05) is 13.1 Å². The van der Waals surface area contributed by atoms with E-state index in [0.717, 1.165) is 12.8 Å². The highest BCUT2D eigenvalue weighted by Gasteiger charge is 2.24. The van der Waals surface area contributed by atoms with E-state index >= 15 is 0 Å². The second-order valence-corrected chi connectivity index (χ2v) is 6.61. The number of Topliss-reactive ketones (excluding diaryl/α,β-unsaturated/α-hetero) is 1. The largest absolute Gasteiger partial charge is 0.474 e. The zero-order chi connectivity index (χ0) is 18.4. The third-order valence-electron chi connectivity index (χ3n) is 4.37. The summed E-state index contributed by atoms with van der Waals surface area (Å²) >= 11 is 5.82. The molecule has 2 heterocycles. The van der Waals surface area contributed by atoms with Crippen LogP contribution in [0.2, 0.25) is 5.02 Å². The van der Waals surface area contributed by atoms with E-state index in [1.54, 1.807) is 41.4 Å². The quantitative estimate of drug-likeness (QED) is 0.727. The Morgan fingerprint density at radius 1 is 1.12 bits per heavy atom. The summed E-state index contributed by atoms with van der Waals surface area (Å²) in [5.41, 5.74) is 0.583. The molecule has 1 aliphatic heterocycles. The summed E-state index contributed by atoms with van der Waals surface area (Å²) in [6, 6.07) is 8.45. The van der Waals surface area contributed by atoms with Gasteiger partial charge in [-0.25, -0.2) is 9.97 Å². The number of rotatable bonds is 6. The summed E-state index contributed by atoms with van der Waals surface area (Å²) in [4.78, 5) is 34.2. The maximum absolute atomic E-state index is 12.3. The lowest BCUT2D eigenvalue weighted by Crippen LogP contribution is -2.41. The van der Waals surface area contributed by atoms with E-state index in [4.69, 9.17) is 16.3 Å². The molecule has 7 heteroatoms. The molecule has 0 unspecified atom stereocenters. The average Bonchev–Trinajstić information content (AvgIpc) is 2.68. The summed E-state index contributed by atoms with van der Waals surface area (Å²) in [7, 11) is 0. The van der Waals surface area contributed by atoms with E-state index in [9.17, 15) is 9.59 Å². The van der Waals surface area contributed by atoms with Crippen LogP contribution in [-0.2, 0) is 4.79 Å². The number of hydrogen-bond acceptors (Lipinski definition) is 5. The van der Waals surface area contributed by atoms with Crippen LogP contribution in [0.15, 0.2) is 42.9 Å². The first-order chi connectivity index (χ1) is 12.6. The molecule has 0 aliphatic carbocycles. The Morgan fingerprint density at radius 3 is 2.50 bits per heavy atom. The molecule has 1 fully saturated rings. The van der Waals surface area contributed by atoms with Crippen LogP contribution < -0.4 is 4.74 Å². The van der Waals surface area contributed by atoms with Gasteiger partial charge in [-0.3, -0.25) is 9.59 Å². The molecule has 0 atom stereocenters. The van der Waals surface area contributed by atoms with Gasteiger partial charge in [-0.2, -0.15) is 0 Å². The Morgan fingerprint density at radius 2 is 1.85 bits per heavy atom. The van der Waals surface area contributed by atoms with Gasteiger partial charge in [0.15, 0.2) is 5.78 Å². The van der Waals surface area contributed by atoms with Crippen LogP contribution in [0.1, 0.15) is 36.0 Å². The van der Waals surface area contributed by atoms with Crippen molar-refractivity contribution < 1.29 is 14.3 Å². The maximum atomic E-state index is 12.3. The molecule has 1 saturated heterocycles. The van der Waals surface area contributed by atoms with E-state index in [-0.39, 0.29) is 30.6 Å². The maximum Gasteiger partial charge on any atom is 0.223 e. The monoisotopic (exact) mass is 373 g/mol. The molecular formula is C19H20ClN3O3. The third kappa shape index (κ3) is 5.02. The standard InChI is InChI=1S/C19H20ClN3O3/c20-15-3-1-14(2-4-15)17(24)5-6-19(25)23-11-8-16(9-12-23)26-18-7-10-21-13-22-18/h1-4,7,10,13,16H,5-6,8-9,11-12H2. The van der Waals surface area contributed by atoms with Crippen molar-refractivity contribution >= 4 is 23.3 Å². The van der Waals surface area contributed by atoms with Crippen LogP contribution in [-0.4, -0.2) is 45.8 Å². The lowest BCUT2D eigenvalue weighted by Gasteiger charge is -2.32. The number of amides is 1. The Kier molecular flexibility index (Phi) is 6.17. The van der Waals surface area contributed by atoms with E-state index in [0.29, 0.717) is 29.6 Å². The highest BCUT2D eigenvalue weighted by Crippen LogP contribution is 2.18.